The summed E-state index contributed by atoms with van der Waals surface area (Å²) in [7, 11) is 0. The molecule has 0 bridgehead atoms. The monoisotopic (exact) mass is 326 g/mol. The zero-order valence-electron chi connectivity index (χ0n) is 14.4. The number of hydrogen-bond donors (Lipinski definition) is 1. The van der Waals surface area contributed by atoms with E-state index in [1.165, 1.54) is 5.57 Å². The molecule has 3 heteroatoms. The maximum atomic E-state index is 12.5. The van der Waals surface area contributed by atoms with E-state index in [9.17, 15) is 14.7 Å². The van der Waals surface area contributed by atoms with Gasteiger partial charge in [0.05, 0.1) is 0 Å². The summed E-state index contributed by atoms with van der Waals surface area (Å²) in [5.74, 6) is 4.50. The molecule has 3 nitrogen and oxygen atoms in total. The van der Waals surface area contributed by atoms with Crippen LogP contribution in [0.5, 0.6) is 0 Å². The fourth-order valence-corrected chi connectivity index (χ4v) is 6.64. The van der Waals surface area contributed by atoms with Crippen molar-refractivity contribution in [2.45, 2.75) is 64.4 Å². The van der Waals surface area contributed by atoms with Crippen LogP contribution in [0, 0.1) is 40.9 Å². The molecule has 1 N–H and O–H groups in total. The molecule has 1 unspecified atom stereocenters. The van der Waals surface area contributed by atoms with Crippen molar-refractivity contribution >= 4 is 11.6 Å². The maximum Gasteiger partial charge on any atom is 0.166 e. The lowest BCUT2D eigenvalue weighted by Crippen LogP contribution is -2.53. The quantitative estimate of drug-likeness (QED) is 0.595. The molecule has 0 saturated heterocycles. The Hall–Kier alpha value is -1.40. The molecular weight excluding hydrogens is 300 g/mol. The van der Waals surface area contributed by atoms with Gasteiger partial charge in [-0.2, -0.15) is 0 Å². The molecule has 3 saturated carbocycles. The van der Waals surface area contributed by atoms with Gasteiger partial charge in [0.15, 0.2) is 5.78 Å². The molecule has 4 rings (SSSR count). The van der Waals surface area contributed by atoms with Gasteiger partial charge in [0, 0.05) is 30.1 Å². The number of hydrogen-bond acceptors (Lipinski definition) is 3. The summed E-state index contributed by atoms with van der Waals surface area (Å²) in [5.41, 5.74) is 0.792. The number of Topliss-reactive ketones (excluding diaryl/α,β-unsaturated/α-hetero) is 2. The van der Waals surface area contributed by atoms with E-state index in [1.54, 1.807) is 6.08 Å². The van der Waals surface area contributed by atoms with E-state index in [-0.39, 0.29) is 16.6 Å². The maximum absolute atomic E-state index is 12.5. The largest absolute Gasteiger partial charge is 0.381 e. The molecular formula is C21H26O3. The molecule has 4 aliphatic carbocycles. The van der Waals surface area contributed by atoms with Crippen LogP contribution in [-0.4, -0.2) is 22.8 Å². The number of aliphatic hydroxyl groups excluding tert-OH is 1. The van der Waals surface area contributed by atoms with Crippen LogP contribution >= 0.6 is 0 Å². The average Bonchev–Trinajstić information content (AvgIpc) is 2.85. The number of aliphatic hydroxyl groups is 1. The second-order valence-corrected chi connectivity index (χ2v) is 8.65. The zero-order chi connectivity index (χ0) is 17.1. The molecule has 4 aliphatic rings. The summed E-state index contributed by atoms with van der Waals surface area (Å²) >= 11 is 0. The van der Waals surface area contributed by atoms with Gasteiger partial charge in [-0.05, 0) is 55.9 Å². The van der Waals surface area contributed by atoms with Crippen molar-refractivity contribution in [3.8, 4) is 12.3 Å². The lowest BCUT2D eigenvalue weighted by Gasteiger charge is -2.57. The fourth-order valence-electron chi connectivity index (χ4n) is 6.64. The number of ketones is 2. The molecule has 0 radical (unpaired) electrons. The summed E-state index contributed by atoms with van der Waals surface area (Å²) in [4.78, 5) is 24.8. The SMILES string of the molecule is C#CC[C@]12CC(=O)C(O)C=C1CC[C@@H]1[C@@H]2CC[C@]2(C)C(=O)CC[C@@H]12. The van der Waals surface area contributed by atoms with Crippen molar-refractivity contribution in [2.75, 3.05) is 0 Å². The van der Waals surface area contributed by atoms with E-state index < -0.39 is 6.10 Å². The highest BCUT2D eigenvalue weighted by atomic mass is 16.3. The van der Waals surface area contributed by atoms with Gasteiger partial charge >= 0.3 is 0 Å². The van der Waals surface area contributed by atoms with Crippen LogP contribution in [0.25, 0.3) is 0 Å². The first-order valence-corrected chi connectivity index (χ1v) is 9.31. The minimum atomic E-state index is -0.954. The molecule has 0 aromatic heterocycles. The van der Waals surface area contributed by atoms with Crippen molar-refractivity contribution in [3.63, 3.8) is 0 Å². The molecule has 6 atom stereocenters. The highest BCUT2D eigenvalue weighted by Gasteiger charge is 2.60. The molecule has 128 valence electrons. The van der Waals surface area contributed by atoms with Crippen LogP contribution in [0.15, 0.2) is 11.6 Å². The summed E-state index contributed by atoms with van der Waals surface area (Å²) in [5, 5.41) is 10.00. The number of allylic oxidation sites excluding steroid dienone is 1. The van der Waals surface area contributed by atoms with E-state index in [0.29, 0.717) is 42.8 Å². The predicted octanol–water partition coefficient (Wildman–Crippen LogP) is 3.06. The summed E-state index contributed by atoms with van der Waals surface area (Å²) in [6, 6.07) is 0. The van der Waals surface area contributed by atoms with Crippen molar-refractivity contribution in [1.82, 2.24) is 0 Å². The number of fused-ring (bicyclic) bond motifs is 5. The Morgan fingerprint density at radius 1 is 1.25 bits per heavy atom. The number of rotatable bonds is 1. The Labute approximate surface area is 143 Å². The zero-order valence-corrected chi connectivity index (χ0v) is 14.4. The average molecular weight is 326 g/mol. The first kappa shape index (κ1) is 16.1. The Balaban J connectivity index is 1.76. The van der Waals surface area contributed by atoms with Crippen LogP contribution < -0.4 is 0 Å². The van der Waals surface area contributed by atoms with Crippen molar-refractivity contribution in [1.29, 1.82) is 0 Å². The predicted molar refractivity (Wildman–Crippen MR) is 90.9 cm³/mol. The number of carbonyl (C=O) groups excluding carboxylic acids is 2. The third-order valence-corrected chi connectivity index (χ3v) is 7.84. The van der Waals surface area contributed by atoms with Gasteiger partial charge in [-0.15, -0.1) is 12.3 Å². The lowest BCUT2D eigenvalue weighted by atomic mass is 9.46. The van der Waals surface area contributed by atoms with E-state index in [4.69, 9.17) is 6.42 Å². The van der Waals surface area contributed by atoms with Crippen LogP contribution in [0.4, 0.5) is 0 Å². The first-order chi connectivity index (χ1) is 11.4. The van der Waals surface area contributed by atoms with E-state index >= 15 is 0 Å². The number of terminal acetylenes is 1. The normalized spacial score (nSPS) is 47.3. The van der Waals surface area contributed by atoms with Gasteiger partial charge in [0.25, 0.3) is 0 Å². The topological polar surface area (TPSA) is 54.4 Å². The highest BCUT2D eigenvalue weighted by Crippen LogP contribution is 2.65. The van der Waals surface area contributed by atoms with Gasteiger partial charge in [-0.1, -0.05) is 12.5 Å². The Morgan fingerprint density at radius 2 is 2.04 bits per heavy atom. The van der Waals surface area contributed by atoms with Crippen molar-refractivity contribution in [3.05, 3.63) is 11.6 Å². The van der Waals surface area contributed by atoms with Crippen LogP contribution in [-0.2, 0) is 9.59 Å². The molecule has 24 heavy (non-hydrogen) atoms. The third-order valence-electron chi connectivity index (χ3n) is 7.84. The fraction of sp³-hybridized carbons (Fsp3) is 0.714. The van der Waals surface area contributed by atoms with Gasteiger partial charge in [0.2, 0.25) is 0 Å². The van der Waals surface area contributed by atoms with Gasteiger partial charge < -0.3 is 5.11 Å². The minimum Gasteiger partial charge on any atom is -0.381 e. The Bertz CT molecular complexity index is 669. The second-order valence-electron chi connectivity index (χ2n) is 8.65. The molecule has 0 heterocycles. The summed E-state index contributed by atoms with van der Waals surface area (Å²) in [6.45, 7) is 2.16. The van der Waals surface area contributed by atoms with Crippen LogP contribution in [0.3, 0.4) is 0 Å². The minimum absolute atomic E-state index is 0.0921. The smallest absolute Gasteiger partial charge is 0.166 e. The standard InChI is InChI=1S/C21H26O3/c1-3-9-21-12-18(23)17(22)11-13(21)4-5-14-15-6-7-19(24)20(15,2)10-8-16(14)21/h1,11,14-17,22H,4-10,12H2,2H3/t14-,15-,16-,17?,20-,21-/m0/s1. The second kappa shape index (κ2) is 5.30. The third kappa shape index (κ3) is 1.96. The molecule has 0 aromatic rings. The molecule has 3 fully saturated rings. The van der Waals surface area contributed by atoms with Gasteiger partial charge in [-0.25, -0.2) is 0 Å². The van der Waals surface area contributed by atoms with Gasteiger partial charge in [0.1, 0.15) is 11.9 Å². The highest BCUT2D eigenvalue weighted by molar-refractivity contribution is 5.88. The molecule has 0 spiro atoms. The van der Waals surface area contributed by atoms with E-state index in [2.05, 4.69) is 12.8 Å². The van der Waals surface area contributed by atoms with E-state index in [0.717, 1.165) is 32.1 Å². The summed E-state index contributed by atoms with van der Waals surface area (Å²) in [6.07, 6.45) is 13.1. The molecule has 0 amide bonds. The Kier molecular flexibility index (Phi) is 3.55. The van der Waals surface area contributed by atoms with E-state index in [1.807, 2.05) is 0 Å². The van der Waals surface area contributed by atoms with Crippen LogP contribution in [0.1, 0.15) is 58.3 Å². The van der Waals surface area contributed by atoms with Gasteiger partial charge in [-0.3, -0.25) is 9.59 Å². The van der Waals surface area contributed by atoms with Crippen molar-refractivity contribution in [2.24, 2.45) is 28.6 Å². The molecule has 0 aromatic carbocycles. The number of carbonyl (C=O) groups is 2. The Morgan fingerprint density at radius 3 is 2.79 bits per heavy atom. The lowest BCUT2D eigenvalue weighted by molar-refractivity contribution is -0.137. The first-order valence-electron chi connectivity index (χ1n) is 9.31. The van der Waals surface area contributed by atoms with Crippen molar-refractivity contribution < 1.29 is 14.7 Å². The van der Waals surface area contributed by atoms with Crippen LogP contribution in [0.2, 0.25) is 0 Å². The molecule has 0 aliphatic heterocycles. The summed E-state index contributed by atoms with van der Waals surface area (Å²) < 4.78 is 0.